The summed E-state index contributed by atoms with van der Waals surface area (Å²) >= 11 is 0. The number of ether oxygens (including phenoxy) is 1. The van der Waals surface area contributed by atoms with Gasteiger partial charge in [0.15, 0.2) is 5.75 Å². The summed E-state index contributed by atoms with van der Waals surface area (Å²) in [6, 6.07) is 16.3. The molecule has 28 heavy (non-hydrogen) atoms. The van der Waals surface area contributed by atoms with Crippen LogP contribution in [-0.2, 0) is 0 Å². The van der Waals surface area contributed by atoms with Gasteiger partial charge in [0.2, 0.25) is 0 Å². The molecule has 2 N–H and O–H groups in total. The highest BCUT2D eigenvalue weighted by Crippen LogP contribution is 2.36. The summed E-state index contributed by atoms with van der Waals surface area (Å²) in [6.07, 6.45) is 0. The van der Waals surface area contributed by atoms with Crippen LogP contribution in [0.2, 0.25) is 0 Å². The maximum Gasteiger partial charge on any atom is 0.259 e. The Kier molecular flexibility index (Phi) is 4.35. The molecule has 1 aliphatic rings. The second kappa shape index (κ2) is 6.85. The van der Waals surface area contributed by atoms with E-state index in [0.717, 1.165) is 16.7 Å². The van der Waals surface area contributed by atoms with Crippen LogP contribution in [0, 0.1) is 20.8 Å². The summed E-state index contributed by atoms with van der Waals surface area (Å²) < 4.78 is 5.87. The summed E-state index contributed by atoms with van der Waals surface area (Å²) in [5, 5.41) is 5.74. The minimum atomic E-state index is -0.279. The highest BCUT2D eigenvalue weighted by atomic mass is 16.5. The highest BCUT2D eigenvalue weighted by molar-refractivity contribution is 6.10. The Hall–Kier alpha value is -3.60. The smallest absolute Gasteiger partial charge is 0.259 e. The molecule has 5 nitrogen and oxygen atoms in total. The van der Waals surface area contributed by atoms with Gasteiger partial charge in [-0.1, -0.05) is 29.8 Å². The molecule has 0 fully saturated rings. The Morgan fingerprint density at radius 3 is 2.39 bits per heavy atom. The van der Waals surface area contributed by atoms with Crippen LogP contribution >= 0.6 is 0 Å². The van der Waals surface area contributed by atoms with Crippen molar-refractivity contribution in [3.05, 3.63) is 82.4 Å². The van der Waals surface area contributed by atoms with Crippen molar-refractivity contribution < 1.29 is 14.3 Å². The lowest BCUT2D eigenvalue weighted by Gasteiger charge is -2.13. The van der Waals surface area contributed by atoms with Crippen molar-refractivity contribution in [2.45, 2.75) is 20.8 Å². The minimum Gasteiger partial charge on any atom is -0.454 e. The molecule has 0 unspecified atom stereocenters. The van der Waals surface area contributed by atoms with Gasteiger partial charge in [-0.3, -0.25) is 9.59 Å². The zero-order valence-corrected chi connectivity index (χ0v) is 15.9. The lowest BCUT2D eigenvalue weighted by atomic mass is 9.99. The number of rotatable bonds is 2. The first kappa shape index (κ1) is 17.8. The van der Waals surface area contributed by atoms with Gasteiger partial charge in [0.25, 0.3) is 11.8 Å². The second-order valence-corrected chi connectivity index (χ2v) is 6.99. The van der Waals surface area contributed by atoms with Crippen molar-refractivity contribution in [2.24, 2.45) is 0 Å². The van der Waals surface area contributed by atoms with E-state index in [9.17, 15) is 9.59 Å². The lowest BCUT2D eigenvalue weighted by Crippen LogP contribution is -2.16. The van der Waals surface area contributed by atoms with Crippen LogP contribution < -0.4 is 15.4 Å². The number of fused-ring (bicyclic) bond motifs is 2. The maximum absolute atomic E-state index is 12.8. The van der Waals surface area contributed by atoms with E-state index >= 15 is 0 Å². The van der Waals surface area contributed by atoms with Gasteiger partial charge in [0, 0.05) is 11.3 Å². The minimum absolute atomic E-state index is 0.201. The predicted octanol–water partition coefficient (Wildman–Crippen LogP) is 5.22. The topological polar surface area (TPSA) is 67.4 Å². The van der Waals surface area contributed by atoms with Crippen molar-refractivity contribution in [1.29, 1.82) is 0 Å². The normalized spacial score (nSPS) is 12.2. The summed E-state index contributed by atoms with van der Waals surface area (Å²) in [5.41, 5.74) is 5.11. The molecule has 0 aliphatic carbocycles. The average Bonchev–Trinajstić information content (AvgIpc) is 2.77. The van der Waals surface area contributed by atoms with Crippen LogP contribution in [0.4, 0.5) is 11.4 Å². The SMILES string of the molecule is Cc1cc(C)c(C(=O)Nc2ccc3c(c2)C(=O)Nc2ccccc2O3)c(C)c1. The third-order valence-electron chi connectivity index (χ3n) is 4.74. The standard InChI is InChI=1S/C23H20N2O3/c1-13-10-14(2)21(15(3)11-13)23(27)24-16-8-9-19-17(12-16)22(26)25-18-6-4-5-7-20(18)28-19/h4-12H,1-3H3,(H,24,27)(H,25,26). The molecule has 3 aromatic carbocycles. The first-order valence-electron chi connectivity index (χ1n) is 9.04. The molecule has 0 saturated carbocycles. The van der Waals surface area contributed by atoms with Gasteiger partial charge in [-0.2, -0.15) is 0 Å². The number of anilines is 2. The van der Waals surface area contributed by atoms with Crippen molar-refractivity contribution >= 4 is 23.2 Å². The average molecular weight is 372 g/mol. The molecule has 0 atom stereocenters. The number of benzene rings is 3. The molecular formula is C23H20N2O3. The van der Waals surface area contributed by atoms with Crippen molar-refractivity contribution in [2.75, 3.05) is 10.6 Å². The highest BCUT2D eigenvalue weighted by Gasteiger charge is 2.21. The molecule has 0 aromatic heterocycles. The Morgan fingerprint density at radius 2 is 1.64 bits per heavy atom. The molecule has 2 amide bonds. The molecule has 140 valence electrons. The third-order valence-corrected chi connectivity index (χ3v) is 4.74. The van der Waals surface area contributed by atoms with Crippen LogP contribution in [0.25, 0.3) is 0 Å². The zero-order valence-electron chi connectivity index (χ0n) is 15.9. The van der Waals surface area contributed by atoms with Crippen molar-refractivity contribution in [3.8, 4) is 11.5 Å². The van der Waals surface area contributed by atoms with Crippen LogP contribution in [-0.4, -0.2) is 11.8 Å². The van der Waals surface area contributed by atoms with Gasteiger partial charge < -0.3 is 15.4 Å². The van der Waals surface area contributed by atoms with E-state index in [0.29, 0.717) is 34.0 Å². The molecule has 4 rings (SSSR count). The van der Waals surface area contributed by atoms with Crippen LogP contribution in [0.3, 0.4) is 0 Å². The van der Waals surface area contributed by atoms with Gasteiger partial charge in [0.05, 0.1) is 11.3 Å². The first-order chi connectivity index (χ1) is 13.4. The number of para-hydroxylation sites is 2. The number of hydrogen-bond acceptors (Lipinski definition) is 3. The quantitative estimate of drug-likeness (QED) is 0.648. The van der Waals surface area contributed by atoms with Crippen LogP contribution in [0.15, 0.2) is 54.6 Å². The first-order valence-corrected chi connectivity index (χ1v) is 9.04. The Labute approximate surface area is 163 Å². The number of carbonyl (C=O) groups excluding carboxylic acids is 2. The van der Waals surface area contributed by atoms with E-state index < -0.39 is 0 Å². The number of hydrogen-bond donors (Lipinski definition) is 2. The van der Waals surface area contributed by atoms with E-state index in [-0.39, 0.29) is 11.8 Å². The molecular weight excluding hydrogens is 352 g/mol. The van der Waals surface area contributed by atoms with Gasteiger partial charge in [-0.25, -0.2) is 0 Å². The van der Waals surface area contributed by atoms with Gasteiger partial charge >= 0.3 is 0 Å². The molecule has 0 radical (unpaired) electrons. The summed E-state index contributed by atoms with van der Waals surface area (Å²) in [5.74, 6) is 0.548. The molecule has 1 aliphatic heterocycles. The van der Waals surface area contributed by atoms with E-state index in [1.807, 2.05) is 45.0 Å². The predicted molar refractivity (Wildman–Crippen MR) is 110 cm³/mol. The third kappa shape index (κ3) is 3.22. The molecule has 0 spiro atoms. The molecule has 5 heteroatoms. The molecule has 3 aromatic rings. The maximum atomic E-state index is 12.8. The molecule has 0 saturated heterocycles. The summed E-state index contributed by atoms with van der Waals surface area (Å²) in [4.78, 5) is 25.4. The van der Waals surface area contributed by atoms with E-state index in [2.05, 4.69) is 10.6 Å². The van der Waals surface area contributed by atoms with E-state index in [1.54, 1.807) is 30.3 Å². The Balaban J connectivity index is 1.65. The van der Waals surface area contributed by atoms with E-state index in [4.69, 9.17) is 4.74 Å². The Bertz CT molecular complexity index is 1100. The van der Waals surface area contributed by atoms with Gasteiger partial charge in [-0.15, -0.1) is 0 Å². The molecule has 0 bridgehead atoms. The summed E-state index contributed by atoms with van der Waals surface area (Å²) in [6.45, 7) is 5.85. The van der Waals surface area contributed by atoms with Gasteiger partial charge in [0.1, 0.15) is 5.75 Å². The van der Waals surface area contributed by atoms with Crippen molar-refractivity contribution in [1.82, 2.24) is 0 Å². The fraction of sp³-hybridized carbons (Fsp3) is 0.130. The second-order valence-electron chi connectivity index (χ2n) is 6.99. The van der Waals surface area contributed by atoms with E-state index in [1.165, 1.54) is 0 Å². The molecule has 1 heterocycles. The summed E-state index contributed by atoms with van der Waals surface area (Å²) in [7, 11) is 0. The fourth-order valence-corrected chi connectivity index (χ4v) is 3.57. The van der Waals surface area contributed by atoms with Crippen LogP contribution in [0.5, 0.6) is 11.5 Å². The fourth-order valence-electron chi connectivity index (χ4n) is 3.57. The number of nitrogens with one attached hydrogen (secondary N) is 2. The number of amides is 2. The Morgan fingerprint density at radius 1 is 0.929 bits per heavy atom. The van der Waals surface area contributed by atoms with Crippen LogP contribution in [0.1, 0.15) is 37.4 Å². The van der Waals surface area contributed by atoms with Gasteiger partial charge in [-0.05, 0) is 62.2 Å². The lowest BCUT2D eigenvalue weighted by molar-refractivity contribution is 0.101. The number of aryl methyl sites for hydroxylation is 3. The zero-order chi connectivity index (χ0) is 19.8. The number of carbonyl (C=O) groups is 2. The monoisotopic (exact) mass is 372 g/mol. The largest absolute Gasteiger partial charge is 0.454 e. The van der Waals surface area contributed by atoms with Crippen molar-refractivity contribution in [3.63, 3.8) is 0 Å².